The van der Waals surface area contributed by atoms with Gasteiger partial charge in [-0.3, -0.25) is 19.3 Å². The Labute approximate surface area is 221 Å². The third-order valence-corrected chi connectivity index (χ3v) is 6.54. The molecule has 198 valence electrons. The van der Waals surface area contributed by atoms with Gasteiger partial charge >= 0.3 is 0 Å². The molecule has 3 aromatic rings. The molecule has 1 saturated carbocycles. The molecule has 0 aliphatic heterocycles. The van der Waals surface area contributed by atoms with Gasteiger partial charge in [-0.1, -0.05) is 42.3 Å². The van der Waals surface area contributed by atoms with E-state index in [-0.39, 0.29) is 17.8 Å². The van der Waals surface area contributed by atoms with E-state index in [1.54, 1.807) is 44.4 Å². The van der Waals surface area contributed by atoms with E-state index in [1.807, 2.05) is 31.2 Å². The second-order valence-corrected chi connectivity index (χ2v) is 9.30. The highest BCUT2D eigenvalue weighted by molar-refractivity contribution is 6.10. The predicted molar refractivity (Wildman–Crippen MR) is 144 cm³/mol. The Bertz CT molecular complexity index is 1310. The van der Waals surface area contributed by atoms with Crippen LogP contribution in [0.3, 0.4) is 0 Å². The van der Waals surface area contributed by atoms with E-state index in [0.29, 0.717) is 22.8 Å². The largest absolute Gasteiger partial charge is 0.497 e. The topological polar surface area (TPSA) is 114 Å². The van der Waals surface area contributed by atoms with Gasteiger partial charge in [0.15, 0.2) is 5.82 Å². The number of benzene rings is 2. The molecule has 1 heterocycles. The monoisotopic (exact) mass is 516 g/mol. The molecule has 9 nitrogen and oxygen atoms in total. The lowest BCUT2D eigenvalue weighted by molar-refractivity contribution is -0.125. The molecule has 3 amide bonds. The molecule has 38 heavy (non-hydrogen) atoms. The molecule has 1 fully saturated rings. The second-order valence-electron chi connectivity index (χ2n) is 9.30. The summed E-state index contributed by atoms with van der Waals surface area (Å²) in [5.74, 6) is 0.0412. The summed E-state index contributed by atoms with van der Waals surface area (Å²) in [5.41, 5.74) is 2.06. The molecule has 0 radical (unpaired) electrons. The Hall–Kier alpha value is -4.40. The maximum Gasteiger partial charge on any atom is 0.252 e. The molecule has 2 aromatic carbocycles. The van der Waals surface area contributed by atoms with Gasteiger partial charge in [0.1, 0.15) is 17.6 Å². The number of hydrogen-bond acceptors (Lipinski definition) is 6. The van der Waals surface area contributed by atoms with Crippen molar-refractivity contribution in [2.24, 2.45) is 0 Å². The van der Waals surface area contributed by atoms with Crippen LogP contribution >= 0.6 is 0 Å². The average molecular weight is 517 g/mol. The summed E-state index contributed by atoms with van der Waals surface area (Å²) in [5, 5.41) is 9.44. The lowest BCUT2D eigenvalue weighted by Gasteiger charge is -2.32. The molecule has 1 aliphatic rings. The van der Waals surface area contributed by atoms with Crippen molar-refractivity contribution in [1.29, 1.82) is 0 Å². The Kier molecular flexibility index (Phi) is 8.58. The normalized spacial score (nSPS) is 14.3. The number of amides is 3. The molecule has 0 bridgehead atoms. The minimum Gasteiger partial charge on any atom is -0.497 e. The van der Waals surface area contributed by atoms with E-state index < -0.39 is 17.9 Å². The van der Waals surface area contributed by atoms with Gasteiger partial charge in [-0.25, -0.2) is 0 Å². The van der Waals surface area contributed by atoms with Crippen molar-refractivity contribution in [2.45, 2.75) is 51.6 Å². The summed E-state index contributed by atoms with van der Waals surface area (Å²) in [6, 6.07) is 15.1. The van der Waals surface area contributed by atoms with Gasteiger partial charge in [-0.2, -0.15) is 0 Å². The average Bonchev–Trinajstić information content (AvgIpc) is 3.58. The zero-order valence-corrected chi connectivity index (χ0v) is 21.8. The number of methoxy groups -OCH3 is 1. The summed E-state index contributed by atoms with van der Waals surface area (Å²) < 4.78 is 10.2. The van der Waals surface area contributed by atoms with Crippen LogP contribution in [0.25, 0.3) is 0 Å². The van der Waals surface area contributed by atoms with Crippen LogP contribution in [0.15, 0.2) is 71.3 Å². The highest BCUT2D eigenvalue weighted by atomic mass is 16.5. The van der Waals surface area contributed by atoms with E-state index in [9.17, 15) is 14.4 Å². The van der Waals surface area contributed by atoms with E-state index in [0.717, 1.165) is 43.4 Å². The first-order chi connectivity index (χ1) is 18.4. The molecule has 1 aromatic heterocycles. The van der Waals surface area contributed by atoms with E-state index >= 15 is 0 Å². The molecular formula is C29H32N4O5. The maximum absolute atomic E-state index is 13.8. The van der Waals surface area contributed by atoms with Crippen LogP contribution in [-0.4, -0.2) is 36.0 Å². The number of nitrogens with zero attached hydrogens (tertiary/aromatic N) is 2. The lowest BCUT2D eigenvalue weighted by atomic mass is 9.97. The van der Waals surface area contributed by atoms with E-state index in [4.69, 9.17) is 9.26 Å². The van der Waals surface area contributed by atoms with Crippen molar-refractivity contribution in [1.82, 2.24) is 10.5 Å². The summed E-state index contributed by atoms with van der Waals surface area (Å²) in [7, 11) is 1.56. The molecule has 2 N–H and O–H groups in total. The van der Waals surface area contributed by atoms with Crippen LogP contribution in [0.1, 0.15) is 48.6 Å². The van der Waals surface area contributed by atoms with Gasteiger partial charge in [-0.15, -0.1) is 0 Å². The predicted octanol–water partition coefficient (Wildman–Crippen LogP) is 4.63. The summed E-state index contributed by atoms with van der Waals surface area (Å²) in [6.45, 7) is 3.61. The van der Waals surface area contributed by atoms with Crippen LogP contribution in [0.5, 0.6) is 5.75 Å². The smallest absolute Gasteiger partial charge is 0.252 e. The number of anilines is 2. The van der Waals surface area contributed by atoms with Gasteiger partial charge in [0.2, 0.25) is 11.8 Å². The fraction of sp³-hybridized carbons (Fsp3) is 0.310. The van der Waals surface area contributed by atoms with Crippen LogP contribution < -0.4 is 20.3 Å². The fourth-order valence-corrected chi connectivity index (χ4v) is 4.61. The van der Waals surface area contributed by atoms with Crippen LogP contribution in [0.4, 0.5) is 11.5 Å². The van der Waals surface area contributed by atoms with Gasteiger partial charge in [0.05, 0.1) is 7.11 Å². The second kappa shape index (κ2) is 12.2. The van der Waals surface area contributed by atoms with E-state index in [2.05, 4.69) is 15.8 Å². The van der Waals surface area contributed by atoms with Crippen molar-refractivity contribution < 1.29 is 23.6 Å². The Balaban J connectivity index is 1.70. The first kappa shape index (κ1) is 26.7. The quantitative estimate of drug-likeness (QED) is 0.401. The van der Waals surface area contributed by atoms with Crippen molar-refractivity contribution in [3.8, 4) is 5.75 Å². The van der Waals surface area contributed by atoms with Crippen LogP contribution in [-0.2, 0) is 14.4 Å². The summed E-state index contributed by atoms with van der Waals surface area (Å²) in [6.07, 6.45) is 6.20. The van der Waals surface area contributed by atoms with Crippen molar-refractivity contribution in [3.63, 3.8) is 0 Å². The third-order valence-electron chi connectivity index (χ3n) is 6.54. The minimum absolute atomic E-state index is 0.0640. The van der Waals surface area contributed by atoms with Crippen molar-refractivity contribution >= 4 is 29.2 Å². The maximum atomic E-state index is 13.8. The molecule has 0 saturated heterocycles. The molecule has 4 rings (SSSR count). The number of hydrogen-bond donors (Lipinski definition) is 2. The Morgan fingerprint density at radius 3 is 2.39 bits per heavy atom. The number of aromatic nitrogens is 1. The Morgan fingerprint density at radius 2 is 1.76 bits per heavy atom. The minimum atomic E-state index is -0.955. The molecule has 0 spiro atoms. The van der Waals surface area contributed by atoms with Gasteiger partial charge in [0, 0.05) is 29.9 Å². The Morgan fingerprint density at radius 1 is 1.05 bits per heavy atom. The number of aryl methyl sites for hydroxylation is 2. The first-order valence-corrected chi connectivity index (χ1v) is 12.6. The highest BCUT2D eigenvalue weighted by Gasteiger charge is 2.34. The van der Waals surface area contributed by atoms with Crippen LogP contribution in [0.2, 0.25) is 0 Å². The SMILES string of the molecule is COc1ccc(N(C(=O)C=CC(=O)Nc2cc(C)on2)C(C(=O)NC2CCCC2)c2ccccc2C)cc1. The molecule has 1 aliphatic carbocycles. The number of rotatable bonds is 9. The number of carbonyl (C=O) groups is 3. The van der Waals surface area contributed by atoms with E-state index in [1.165, 1.54) is 4.90 Å². The number of carbonyl (C=O) groups excluding carboxylic acids is 3. The van der Waals surface area contributed by atoms with Crippen molar-refractivity contribution in [3.05, 3.63) is 83.6 Å². The van der Waals surface area contributed by atoms with Gasteiger partial charge in [-0.05, 0) is 62.1 Å². The molecule has 1 atom stereocenters. The lowest BCUT2D eigenvalue weighted by Crippen LogP contribution is -2.46. The number of ether oxygens (including phenoxy) is 1. The molecule has 1 unspecified atom stereocenters. The van der Waals surface area contributed by atoms with Crippen molar-refractivity contribution in [2.75, 3.05) is 17.3 Å². The molecule has 9 heteroatoms. The van der Waals surface area contributed by atoms with Gasteiger partial charge in [0.25, 0.3) is 5.91 Å². The fourth-order valence-electron chi connectivity index (χ4n) is 4.61. The first-order valence-electron chi connectivity index (χ1n) is 12.6. The molecular weight excluding hydrogens is 484 g/mol. The zero-order valence-electron chi connectivity index (χ0n) is 21.8. The highest BCUT2D eigenvalue weighted by Crippen LogP contribution is 2.32. The number of nitrogens with one attached hydrogen (secondary N) is 2. The standard InChI is InChI=1S/C29H32N4O5/c1-19-8-4-7-11-24(19)28(29(36)30-21-9-5-6-10-21)33(22-12-14-23(37-3)15-13-22)27(35)17-16-26(34)31-25-18-20(2)38-32-25/h4,7-8,11-18,21,28H,5-6,9-10H2,1-3H3,(H,30,36)(H,31,32,34). The third kappa shape index (κ3) is 6.47. The zero-order chi connectivity index (χ0) is 27.1. The summed E-state index contributed by atoms with van der Waals surface area (Å²) >= 11 is 0. The van der Waals surface area contributed by atoms with Crippen LogP contribution in [0, 0.1) is 13.8 Å². The summed E-state index contributed by atoms with van der Waals surface area (Å²) in [4.78, 5) is 41.5. The van der Waals surface area contributed by atoms with Gasteiger partial charge < -0.3 is 19.9 Å².